The van der Waals surface area contributed by atoms with Gasteiger partial charge in [0.1, 0.15) is 0 Å². The largest absolute Gasteiger partial charge is 0.378 e. The number of aliphatic imine (C=N–C) groups is 1. The number of morpholine rings is 1. The van der Waals surface area contributed by atoms with Crippen LogP contribution in [0.1, 0.15) is 63.0 Å². The Balaban J connectivity index is 1.34. The number of rotatable bonds is 5. The van der Waals surface area contributed by atoms with Gasteiger partial charge in [0.2, 0.25) is 11.9 Å². The van der Waals surface area contributed by atoms with E-state index in [4.69, 9.17) is 9.72 Å². The van der Waals surface area contributed by atoms with E-state index in [2.05, 4.69) is 22.0 Å². The lowest BCUT2D eigenvalue weighted by Gasteiger charge is -2.34. The molecular weight excluding hydrogens is 432 g/mol. The van der Waals surface area contributed by atoms with E-state index >= 15 is 0 Å². The predicted molar refractivity (Wildman–Crippen MR) is 132 cm³/mol. The zero-order valence-corrected chi connectivity index (χ0v) is 20.0. The molecule has 1 N–H and O–H groups in total. The average Bonchev–Trinajstić information content (AvgIpc) is 3.40. The van der Waals surface area contributed by atoms with Gasteiger partial charge in [0.15, 0.2) is 5.65 Å². The van der Waals surface area contributed by atoms with Crippen LogP contribution in [0.5, 0.6) is 0 Å². The second-order valence-corrected chi connectivity index (χ2v) is 9.81. The molecule has 0 unspecified atom stereocenters. The fourth-order valence-electron chi connectivity index (χ4n) is 5.79. The normalized spacial score (nSPS) is 23.9. The molecule has 1 aliphatic heterocycles. The van der Waals surface area contributed by atoms with E-state index in [1.54, 1.807) is 13.1 Å². The van der Waals surface area contributed by atoms with Crippen LogP contribution < -0.4 is 10.9 Å². The van der Waals surface area contributed by atoms with E-state index in [0.717, 1.165) is 56.8 Å². The van der Waals surface area contributed by atoms with Gasteiger partial charge >= 0.3 is 0 Å². The topological polar surface area (TPSA) is 102 Å². The van der Waals surface area contributed by atoms with Gasteiger partial charge in [-0.05, 0) is 52.2 Å². The van der Waals surface area contributed by atoms with Crippen molar-refractivity contribution in [3.8, 4) is 0 Å². The van der Waals surface area contributed by atoms with Crippen molar-refractivity contribution in [2.75, 3.05) is 31.6 Å². The number of pyridine rings is 1. The van der Waals surface area contributed by atoms with Crippen molar-refractivity contribution < 1.29 is 9.53 Å². The number of amides is 1. The summed E-state index contributed by atoms with van der Waals surface area (Å²) in [6.45, 7) is 8.15. The minimum atomic E-state index is -0.0337. The summed E-state index contributed by atoms with van der Waals surface area (Å²) < 4.78 is 7.23. The molecule has 5 rings (SSSR count). The zero-order chi connectivity index (χ0) is 23.7. The van der Waals surface area contributed by atoms with E-state index in [-0.39, 0.29) is 29.5 Å². The van der Waals surface area contributed by atoms with Crippen molar-refractivity contribution in [1.29, 1.82) is 0 Å². The Morgan fingerprint density at radius 1 is 1.15 bits per heavy atom. The maximum atomic E-state index is 13.2. The molecule has 9 heteroatoms. The molecule has 9 nitrogen and oxygen atoms in total. The Morgan fingerprint density at radius 3 is 2.53 bits per heavy atom. The summed E-state index contributed by atoms with van der Waals surface area (Å²) in [5.41, 5.74) is 1.78. The van der Waals surface area contributed by atoms with Gasteiger partial charge in [0, 0.05) is 42.9 Å². The quantitative estimate of drug-likeness (QED) is 0.678. The Kier molecular flexibility index (Phi) is 6.63. The Bertz CT molecular complexity index is 1130. The molecule has 1 saturated heterocycles. The van der Waals surface area contributed by atoms with Crippen molar-refractivity contribution in [2.24, 2.45) is 10.9 Å². The van der Waals surface area contributed by atoms with Crippen LogP contribution in [0.2, 0.25) is 0 Å². The van der Waals surface area contributed by atoms with Gasteiger partial charge in [0.05, 0.1) is 24.3 Å². The van der Waals surface area contributed by atoms with E-state index in [0.29, 0.717) is 49.1 Å². The highest BCUT2D eigenvalue weighted by molar-refractivity contribution is 5.90. The lowest BCUT2D eigenvalue weighted by Crippen LogP contribution is -2.45. The number of aromatic nitrogens is 3. The van der Waals surface area contributed by atoms with Crippen LogP contribution in [0.25, 0.3) is 11.0 Å². The monoisotopic (exact) mass is 466 g/mol. The van der Waals surface area contributed by atoms with Gasteiger partial charge in [-0.25, -0.2) is 4.98 Å². The van der Waals surface area contributed by atoms with Crippen LogP contribution >= 0.6 is 0 Å². The summed E-state index contributed by atoms with van der Waals surface area (Å²) in [5, 5.41) is 4.24. The molecule has 2 aromatic rings. The minimum Gasteiger partial charge on any atom is -0.378 e. The van der Waals surface area contributed by atoms with Gasteiger partial charge < -0.3 is 15.0 Å². The number of fused-ring (bicyclic) bond motifs is 1. The SMILES string of the molecule is C=Nc1c(C)c(=O)n(C2CCCC2)c2nc(NC3CCC(C(=O)N4CCOCC4)CC3)ncc12. The van der Waals surface area contributed by atoms with E-state index in [9.17, 15) is 9.59 Å². The summed E-state index contributed by atoms with van der Waals surface area (Å²) >= 11 is 0. The number of carbonyl (C=O) groups excluding carboxylic acids is 1. The van der Waals surface area contributed by atoms with Crippen LogP contribution in [0, 0.1) is 12.8 Å². The van der Waals surface area contributed by atoms with Crippen molar-refractivity contribution in [3.05, 3.63) is 22.1 Å². The molecule has 0 atom stereocenters. The number of ether oxygens (including phenoxy) is 1. The maximum Gasteiger partial charge on any atom is 0.257 e. The third-order valence-electron chi connectivity index (χ3n) is 7.73. The van der Waals surface area contributed by atoms with Gasteiger partial charge in [0.25, 0.3) is 5.56 Å². The van der Waals surface area contributed by atoms with Crippen molar-refractivity contribution >= 4 is 35.3 Å². The molecule has 34 heavy (non-hydrogen) atoms. The lowest BCUT2D eigenvalue weighted by atomic mass is 9.85. The molecule has 3 fully saturated rings. The highest BCUT2D eigenvalue weighted by Crippen LogP contribution is 2.34. The fraction of sp³-hybridized carbons (Fsp3) is 0.640. The molecule has 2 aromatic heterocycles. The molecule has 0 aromatic carbocycles. The van der Waals surface area contributed by atoms with E-state index in [1.165, 1.54) is 0 Å². The van der Waals surface area contributed by atoms with Gasteiger partial charge in [-0.1, -0.05) is 12.8 Å². The summed E-state index contributed by atoms with van der Waals surface area (Å²) in [7, 11) is 0. The molecule has 3 aliphatic rings. The number of anilines is 1. The molecule has 1 amide bonds. The summed E-state index contributed by atoms with van der Waals surface area (Å²) in [6, 6.07) is 0.372. The molecule has 182 valence electrons. The second-order valence-electron chi connectivity index (χ2n) is 9.81. The lowest BCUT2D eigenvalue weighted by molar-refractivity contribution is -0.140. The standard InChI is InChI=1S/C25H34N6O3/c1-16-21(26-2)20-15-27-25(29-22(20)31(23(16)32)19-5-3-4-6-19)28-18-9-7-17(8-10-18)24(33)30-11-13-34-14-12-30/h15,17-19H,2-14H2,1H3,(H,27,28,29). The Labute approximate surface area is 199 Å². The van der Waals surface area contributed by atoms with Gasteiger partial charge in [-0.3, -0.25) is 19.1 Å². The van der Waals surface area contributed by atoms with Crippen LogP contribution in [0.3, 0.4) is 0 Å². The number of hydrogen-bond donors (Lipinski definition) is 1. The predicted octanol–water partition coefficient (Wildman–Crippen LogP) is 3.38. The number of carbonyl (C=O) groups is 1. The Morgan fingerprint density at radius 2 is 1.85 bits per heavy atom. The zero-order valence-electron chi connectivity index (χ0n) is 20.0. The Hall–Kier alpha value is -2.81. The number of hydrogen-bond acceptors (Lipinski definition) is 7. The summed E-state index contributed by atoms with van der Waals surface area (Å²) in [4.78, 5) is 41.5. The molecule has 2 aliphatic carbocycles. The van der Waals surface area contributed by atoms with Crippen LogP contribution in [0.15, 0.2) is 16.0 Å². The van der Waals surface area contributed by atoms with Crippen molar-refractivity contribution in [2.45, 2.75) is 70.4 Å². The first-order chi connectivity index (χ1) is 16.6. The smallest absolute Gasteiger partial charge is 0.257 e. The third-order valence-corrected chi connectivity index (χ3v) is 7.73. The highest BCUT2D eigenvalue weighted by Gasteiger charge is 2.31. The molecule has 0 bridgehead atoms. The third kappa shape index (κ3) is 4.33. The van der Waals surface area contributed by atoms with Gasteiger partial charge in [-0.2, -0.15) is 4.98 Å². The summed E-state index contributed by atoms with van der Waals surface area (Å²) in [5.74, 6) is 0.884. The molecule has 2 saturated carbocycles. The van der Waals surface area contributed by atoms with Crippen molar-refractivity contribution in [1.82, 2.24) is 19.4 Å². The second kappa shape index (κ2) is 9.82. The molecule has 0 spiro atoms. The molecule has 0 radical (unpaired) electrons. The van der Waals surface area contributed by atoms with Gasteiger partial charge in [-0.15, -0.1) is 0 Å². The number of nitrogens with zero attached hydrogens (tertiary/aromatic N) is 5. The van der Waals surface area contributed by atoms with Crippen molar-refractivity contribution in [3.63, 3.8) is 0 Å². The van der Waals surface area contributed by atoms with Crippen LogP contribution in [-0.4, -0.2) is 64.4 Å². The van der Waals surface area contributed by atoms with E-state index < -0.39 is 0 Å². The average molecular weight is 467 g/mol. The molecular formula is C25H34N6O3. The maximum absolute atomic E-state index is 13.2. The first kappa shape index (κ1) is 23.0. The van der Waals surface area contributed by atoms with Crippen LogP contribution in [-0.2, 0) is 9.53 Å². The molecule has 3 heterocycles. The van der Waals surface area contributed by atoms with E-state index in [1.807, 2.05) is 9.47 Å². The minimum absolute atomic E-state index is 0.0337. The highest BCUT2D eigenvalue weighted by atomic mass is 16.5. The fourth-order valence-corrected chi connectivity index (χ4v) is 5.79. The first-order valence-corrected chi connectivity index (χ1v) is 12.6. The first-order valence-electron chi connectivity index (χ1n) is 12.6. The summed E-state index contributed by atoms with van der Waals surface area (Å²) in [6.07, 6.45) is 9.50. The van der Waals surface area contributed by atoms with Crippen LogP contribution in [0.4, 0.5) is 11.6 Å². The number of nitrogens with one attached hydrogen (secondary N) is 1.